The van der Waals surface area contributed by atoms with Gasteiger partial charge in [-0.05, 0) is 31.2 Å². The van der Waals surface area contributed by atoms with Gasteiger partial charge in [-0.1, -0.05) is 46.0 Å². The second-order valence-electron chi connectivity index (χ2n) is 5.42. The molecule has 0 aliphatic rings. The summed E-state index contributed by atoms with van der Waals surface area (Å²) >= 11 is 0. The van der Waals surface area contributed by atoms with Crippen LogP contribution < -0.4 is 14.8 Å². The van der Waals surface area contributed by atoms with Crippen LogP contribution in [0.2, 0.25) is 0 Å². The average Bonchev–Trinajstić information content (AvgIpc) is 2.53. The SMILES string of the molecule is CCCCCCCC(NCC)c1cc(OC)ccc1OC. The highest BCUT2D eigenvalue weighted by molar-refractivity contribution is 5.42. The molecule has 120 valence electrons. The Morgan fingerprint density at radius 3 is 2.38 bits per heavy atom. The first-order valence-corrected chi connectivity index (χ1v) is 8.22. The number of hydrogen-bond acceptors (Lipinski definition) is 3. The van der Waals surface area contributed by atoms with E-state index in [-0.39, 0.29) is 0 Å². The normalized spacial score (nSPS) is 12.2. The lowest BCUT2D eigenvalue weighted by atomic mass is 9.98. The van der Waals surface area contributed by atoms with Crippen molar-refractivity contribution in [3.63, 3.8) is 0 Å². The van der Waals surface area contributed by atoms with Gasteiger partial charge in [0.2, 0.25) is 0 Å². The first-order valence-electron chi connectivity index (χ1n) is 8.22. The van der Waals surface area contributed by atoms with Gasteiger partial charge in [0, 0.05) is 11.6 Å². The van der Waals surface area contributed by atoms with Crippen LogP contribution in [0.15, 0.2) is 18.2 Å². The minimum absolute atomic E-state index is 0.335. The largest absolute Gasteiger partial charge is 0.497 e. The molecule has 0 heterocycles. The van der Waals surface area contributed by atoms with Gasteiger partial charge in [0.25, 0.3) is 0 Å². The van der Waals surface area contributed by atoms with Crippen molar-refractivity contribution in [3.05, 3.63) is 23.8 Å². The van der Waals surface area contributed by atoms with E-state index in [2.05, 4.69) is 25.2 Å². The monoisotopic (exact) mass is 293 g/mol. The van der Waals surface area contributed by atoms with Crippen molar-refractivity contribution < 1.29 is 9.47 Å². The van der Waals surface area contributed by atoms with E-state index in [1.54, 1.807) is 14.2 Å². The van der Waals surface area contributed by atoms with Crippen molar-refractivity contribution in [2.75, 3.05) is 20.8 Å². The number of ether oxygens (including phenoxy) is 2. The molecule has 1 rings (SSSR count). The van der Waals surface area contributed by atoms with Crippen LogP contribution in [0.4, 0.5) is 0 Å². The maximum absolute atomic E-state index is 5.52. The molecule has 0 aromatic heterocycles. The van der Waals surface area contributed by atoms with Gasteiger partial charge in [-0.15, -0.1) is 0 Å². The van der Waals surface area contributed by atoms with Crippen LogP contribution in [0, 0.1) is 0 Å². The summed E-state index contributed by atoms with van der Waals surface area (Å²) in [5.41, 5.74) is 1.20. The zero-order chi connectivity index (χ0) is 15.5. The lowest BCUT2D eigenvalue weighted by Gasteiger charge is -2.21. The Morgan fingerprint density at radius 1 is 1.00 bits per heavy atom. The number of rotatable bonds is 11. The van der Waals surface area contributed by atoms with Gasteiger partial charge in [0.15, 0.2) is 0 Å². The highest BCUT2D eigenvalue weighted by Gasteiger charge is 2.16. The molecule has 0 amide bonds. The van der Waals surface area contributed by atoms with Gasteiger partial charge in [-0.2, -0.15) is 0 Å². The Bertz CT molecular complexity index is 393. The first-order chi connectivity index (χ1) is 10.3. The number of hydrogen-bond donors (Lipinski definition) is 1. The summed E-state index contributed by atoms with van der Waals surface area (Å²) in [5.74, 6) is 1.83. The van der Waals surface area contributed by atoms with Crippen LogP contribution >= 0.6 is 0 Å². The first kappa shape index (κ1) is 17.8. The van der Waals surface area contributed by atoms with Crippen molar-refractivity contribution in [2.24, 2.45) is 0 Å². The summed E-state index contributed by atoms with van der Waals surface area (Å²) in [6, 6.07) is 6.38. The Labute approximate surface area is 130 Å². The van der Waals surface area contributed by atoms with E-state index in [9.17, 15) is 0 Å². The summed E-state index contributed by atoms with van der Waals surface area (Å²) in [5, 5.41) is 3.58. The molecule has 0 spiro atoms. The highest BCUT2D eigenvalue weighted by atomic mass is 16.5. The van der Waals surface area contributed by atoms with Gasteiger partial charge >= 0.3 is 0 Å². The van der Waals surface area contributed by atoms with Gasteiger partial charge in [-0.3, -0.25) is 0 Å². The minimum atomic E-state index is 0.335. The molecule has 0 aliphatic carbocycles. The van der Waals surface area contributed by atoms with Crippen LogP contribution in [0.5, 0.6) is 11.5 Å². The van der Waals surface area contributed by atoms with E-state index in [4.69, 9.17) is 9.47 Å². The molecule has 0 fully saturated rings. The zero-order valence-electron chi connectivity index (χ0n) is 14.1. The Hall–Kier alpha value is -1.22. The number of benzene rings is 1. The molecule has 0 saturated heterocycles. The van der Waals surface area contributed by atoms with E-state index in [1.807, 2.05) is 12.1 Å². The molecule has 1 N–H and O–H groups in total. The Morgan fingerprint density at radius 2 is 1.76 bits per heavy atom. The fourth-order valence-electron chi connectivity index (χ4n) is 2.68. The predicted molar refractivity (Wildman–Crippen MR) is 89.3 cm³/mol. The fourth-order valence-corrected chi connectivity index (χ4v) is 2.68. The summed E-state index contributed by atoms with van der Waals surface area (Å²) in [4.78, 5) is 0. The Balaban J connectivity index is 2.73. The average molecular weight is 293 g/mol. The third-order valence-electron chi connectivity index (χ3n) is 3.86. The third-order valence-corrected chi connectivity index (χ3v) is 3.86. The molecule has 0 saturated carbocycles. The van der Waals surface area contributed by atoms with Crippen LogP contribution in [0.25, 0.3) is 0 Å². The summed E-state index contributed by atoms with van der Waals surface area (Å²) < 4.78 is 10.9. The quantitative estimate of drug-likeness (QED) is 0.599. The third kappa shape index (κ3) is 5.96. The van der Waals surface area contributed by atoms with Crippen molar-refractivity contribution in [1.82, 2.24) is 5.32 Å². The van der Waals surface area contributed by atoms with E-state index in [1.165, 1.54) is 37.7 Å². The standard InChI is InChI=1S/C18H31NO2/c1-5-7-8-9-10-11-17(19-6-2)16-14-15(20-3)12-13-18(16)21-4/h12-14,17,19H,5-11H2,1-4H3. The molecular weight excluding hydrogens is 262 g/mol. The lowest BCUT2D eigenvalue weighted by Crippen LogP contribution is -2.21. The maximum atomic E-state index is 5.52. The lowest BCUT2D eigenvalue weighted by molar-refractivity contribution is 0.384. The number of methoxy groups -OCH3 is 2. The maximum Gasteiger partial charge on any atom is 0.123 e. The number of unbranched alkanes of at least 4 members (excludes halogenated alkanes) is 4. The molecule has 1 unspecified atom stereocenters. The molecule has 3 nitrogen and oxygen atoms in total. The fraction of sp³-hybridized carbons (Fsp3) is 0.667. The van der Waals surface area contributed by atoms with Gasteiger partial charge in [0.05, 0.1) is 14.2 Å². The molecule has 3 heteroatoms. The van der Waals surface area contributed by atoms with E-state index in [0.717, 1.165) is 24.5 Å². The summed E-state index contributed by atoms with van der Waals surface area (Å²) in [7, 11) is 3.44. The predicted octanol–water partition coefficient (Wildman–Crippen LogP) is 4.71. The number of nitrogens with one attached hydrogen (secondary N) is 1. The van der Waals surface area contributed by atoms with Crippen molar-refractivity contribution in [2.45, 2.75) is 58.4 Å². The minimum Gasteiger partial charge on any atom is -0.497 e. The molecule has 0 aliphatic heterocycles. The molecular formula is C18H31NO2. The van der Waals surface area contributed by atoms with Gasteiger partial charge < -0.3 is 14.8 Å². The van der Waals surface area contributed by atoms with Crippen LogP contribution in [0.3, 0.4) is 0 Å². The van der Waals surface area contributed by atoms with Crippen molar-refractivity contribution in [3.8, 4) is 11.5 Å². The van der Waals surface area contributed by atoms with E-state index in [0.29, 0.717) is 6.04 Å². The zero-order valence-corrected chi connectivity index (χ0v) is 14.1. The molecule has 1 aromatic carbocycles. The van der Waals surface area contributed by atoms with Crippen LogP contribution in [-0.4, -0.2) is 20.8 Å². The summed E-state index contributed by atoms with van der Waals surface area (Å²) in [6.07, 6.45) is 7.67. The van der Waals surface area contributed by atoms with E-state index >= 15 is 0 Å². The van der Waals surface area contributed by atoms with Crippen molar-refractivity contribution >= 4 is 0 Å². The van der Waals surface area contributed by atoms with E-state index < -0.39 is 0 Å². The van der Waals surface area contributed by atoms with Gasteiger partial charge in [-0.25, -0.2) is 0 Å². The molecule has 0 bridgehead atoms. The van der Waals surface area contributed by atoms with Crippen LogP contribution in [-0.2, 0) is 0 Å². The topological polar surface area (TPSA) is 30.5 Å². The molecule has 1 aromatic rings. The molecule has 1 atom stereocenters. The smallest absolute Gasteiger partial charge is 0.123 e. The second kappa shape index (κ2) is 10.5. The van der Waals surface area contributed by atoms with Gasteiger partial charge in [0.1, 0.15) is 11.5 Å². The van der Waals surface area contributed by atoms with Crippen LogP contribution in [0.1, 0.15) is 64.0 Å². The second-order valence-corrected chi connectivity index (χ2v) is 5.42. The highest BCUT2D eigenvalue weighted by Crippen LogP contribution is 2.32. The molecule has 21 heavy (non-hydrogen) atoms. The Kier molecular flexibility index (Phi) is 8.91. The van der Waals surface area contributed by atoms with Crippen molar-refractivity contribution in [1.29, 1.82) is 0 Å². The summed E-state index contributed by atoms with van der Waals surface area (Å²) in [6.45, 7) is 5.36. The molecule has 0 radical (unpaired) electrons.